The molecule has 20 rings (SSSR count). The summed E-state index contributed by atoms with van der Waals surface area (Å²) >= 11 is 27.7. The van der Waals surface area contributed by atoms with Gasteiger partial charge in [0.25, 0.3) is 23.6 Å². The fourth-order valence-electron chi connectivity index (χ4n) is 13.3. The number of fused-ring (bicyclic) bond motifs is 5. The van der Waals surface area contributed by atoms with Gasteiger partial charge in [-0.2, -0.15) is 0 Å². The number of nitrogens with one attached hydrogen (secondary N) is 5. The van der Waals surface area contributed by atoms with E-state index in [1.54, 1.807) is 158 Å². The fourth-order valence-corrected chi connectivity index (χ4v) is 14.8. The topological polar surface area (TPSA) is 324 Å². The third-order valence-electron chi connectivity index (χ3n) is 19.7. The Hall–Kier alpha value is -16.0. The molecule has 5 aliphatic heterocycles. The SMILES string of the molecule is Cc1ccccc1C(=O)Nc1ccc(-c2cccc3c2OC(F)(F)O3)cn1.O=C(Nc1ccc(-c2cc3c(cc2Br)OCO3)cn1)OCc1ccccc1Cl.O=C(Nc1ccc(-c2cccc3c2OC(F)(F)O3)cn1)c1ccccc1Cl.O=C(Nc1ccc(-c2cccc3c2OC(F)(F)O3)cn1)c1ccccc1F.O=C(Nc1cnc(-c2cc3c(cc2Cl)OC(F)(F)O3)cn1)c1ccccc1Cl. The van der Waals surface area contributed by atoms with Gasteiger partial charge in [-0.1, -0.05) is 172 Å². The summed E-state index contributed by atoms with van der Waals surface area (Å²) in [4.78, 5) is 85.9. The summed E-state index contributed by atoms with van der Waals surface area (Å²) in [7, 11) is 0. The van der Waals surface area contributed by atoms with E-state index in [0.717, 1.165) is 26.7 Å². The first-order valence-electron chi connectivity index (χ1n) is 40.0. The zero-order valence-corrected chi connectivity index (χ0v) is 74.2. The monoisotopic (exact) mass is 2010 g/mol. The number of para-hydroxylation sites is 3. The van der Waals surface area contributed by atoms with Gasteiger partial charge >= 0.3 is 31.3 Å². The lowest BCUT2D eigenvalue weighted by Crippen LogP contribution is -2.26. The van der Waals surface area contributed by atoms with Crippen molar-refractivity contribution in [3.8, 4) is 113 Å². The first kappa shape index (κ1) is 94.2. The molecule has 692 valence electrons. The molecule has 10 aromatic carbocycles. The highest BCUT2D eigenvalue weighted by atomic mass is 79.9. The van der Waals surface area contributed by atoms with E-state index < -0.39 is 54.8 Å². The molecule has 27 nitrogen and oxygen atoms in total. The Bertz CT molecular complexity index is 6730. The minimum Gasteiger partial charge on any atom is -0.454 e. The van der Waals surface area contributed by atoms with Crippen molar-refractivity contribution in [2.24, 2.45) is 0 Å². The van der Waals surface area contributed by atoms with Crippen LogP contribution in [-0.4, -0.2) is 91.6 Å². The van der Waals surface area contributed by atoms with E-state index in [1.807, 2.05) is 49.4 Å². The predicted octanol–water partition coefficient (Wildman–Crippen LogP) is 24.7. The van der Waals surface area contributed by atoms with Gasteiger partial charge in [0.1, 0.15) is 35.7 Å². The van der Waals surface area contributed by atoms with Crippen molar-refractivity contribution < 1.29 is 116 Å². The molecule has 5 aromatic heterocycles. The Morgan fingerprint density at radius 3 is 1.16 bits per heavy atom. The van der Waals surface area contributed by atoms with E-state index >= 15 is 0 Å². The number of pyridine rings is 4. The normalized spacial score (nSPS) is 13.6. The number of benzene rings is 10. The third kappa shape index (κ3) is 22.9. The summed E-state index contributed by atoms with van der Waals surface area (Å²) < 4.78 is 173. The first-order chi connectivity index (χ1) is 65.7. The highest BCUT2D eigenvalue weighted by molar-refractivity contribution is 9.10. The number of rotatable bonds is 16. The number of anilines is 5. The van der Waals surface area contributed by atoms with Gasteiger partial charge in [0.15, 0.2) is 63.3 Å². The van der Waals surface area contributed by atoms with Gasteiger partial charge in [-0.25, -0.2) is 34.1 Å². The van der Waals surface area contributed by atoms with Crippen LogP contribution in [0.1, 0.15) is 52.6 Å². The summed E-state index contributed by atoms with van der Waals surface area (Å²) in [6.45, 7) is 2.13. The number of nitrogens with zero attached hydrogens (tertiary/aromatic N) is 6. The van der Waals surface area contributed by atoms with Gasteiger partial charge in [-0.05, 0) is 146 Å². The summed E-state index contributed by atoms with van der Waals surface area (Å²) in [5.74, 6) is -0.342. The van der Waals surface area contributed by atoms with Crippen molar-refractivity contribution in [3.63, 3.8) is 0 Å². The average molecular weight is 2020 g/mol. The van der Waals surface area contributed by atoms with Crippen LogP contribution in [0.15, 0.2) is 290 Å². The third-order valence-corrected chi connectivity index (χ3v) is 21.7. The minimum absolute atomic E-state index is 0.0329. The molecule has 137 heavy (non-hydrogen) atoms. The van der Waals surface area contributed by atoms with Crippen LogP contribution in [0.3, 0.4) is 0 Å². The smallest absolute Gasteiger partial charge is 0.454 e. The van der Waals surface area contributed by atoms with Crippen LogP contribution in [0.2, 0.25) is 20.1 Å². The Labute approximate surface area is 796 Å². The number of hydrogen-bond donors (Lipinski definition) is 5. The molecule has 0 radical (unpaired) electrons. The second-order valence-corrected chi connectivity index (χ2v) is 31.4. The summed E-state index contributed by atoms with van der Waals surface area (Å²) in [6, 6.07) is 66.1. The maximum atomic E-state index is 13.6. The van der Waals surface area contributed by atoms with E-state index in [2.05, 4.69) is 110 Å². The van der Waals surface area contributed by atoms with E-state index in [0.29, 0.717) is 99.8 Å². The number of halogens is 14. The van der Waals surface area contributed by atoms with Crippen molar-refractivity contribution >= 4 is 121 Å². The standard InChI is InChI=1S/C20H14BrClN2O4.C20H14F2N2O3.C19H11ClF2N2O3.C19H11F3N2O3.C18H9Cl2F2N3O3/c21-15-8-18-17(27-11-28-18)7-14(15)12-5-6-19(23-9-12)24-20(25)26-10-13-3-1-2-4-16(13)22;1-12-5-2-3-6-14(12)19(25)24-17-10-9-13(11-23-17)15-7-4-8-16-18(15)27-20(21,22)26-16;2*20-14-6-2-1-4-13(14)18(25)24-16-9-8-11(10-23-16)12-5-3-7-15-17(12)27-19(21,22)26-15;19-11-4-2-1-3-9(11)17(26)25-16-8-23-13(7-24-16)10-5-14-15(6-12(10)20)28-18(21,22)27-14/h1-9H,10-11H2,(H,23,24,25);2-11H,1H3,(H,23,24,25);2*1-10H,(H,23,24,25);1-8H,(H,24,25,26). The van der Waals surface area contributed by atoms with Crippen molar-refractivity contribution in [1.29, 1.82) is 0 Å². The molecule has 5 amide bonds. The number of carbonyl (C=O) groups is 5. The lowest BCUT2D eigenvalue weighted by atomic mass is 10.1. The van der Waals surface area contributed by atoms with Crippen LogP contribution in [0.5, 0.6) is 57.5 Å². The first-order valence-corrected chi connectivity index (χ1v) is 42.3. The Balaban J connectivity index is 0.000000124. The lowest BCUT2D eigenvalue weighted by molar-refractivity contribution is -0.287. The molecule has 0 atom stereocenters. The van der Waals surface area contributed by atoms with Gasteiger partial charge in [0, 0.05) is 102 Å². The molecule has 5 N–H and O–H groups in total. The number of aryl methyl sites for hydroxylation is 1. The second kappa shape index (κ2) is 40.5. The van der Waals surface area contributed by atoms with E-state index in [-0.39, 0.29) is 93.1 Å². The van der Waals surface area contributed by atoms with Crippen LogP contribution in [0.4, 0.5) is 73.4 Å². The molecular weight excluding hydrogens is 1960 g/mol. The second-order valence-electron chi connectivity index (χ2n) is 28.9. The van der Waals surface area contributed by atoms with Gasteiger partial charge in [-0.3, -0.25) is 29.5 Å². The van der Waals surface area contributed by atoms with Gasteiger partial charge in [-0.15, -0.1) is 35.1 Å². The number of carbonyl (C=O) groups excluding carboxylic acids is 5. The minimum atomic E-state index is -3.75. The van der Waals surface area contributed by atoms with Crippen LogP contribution >= 0.6 is 62.3 Å². The van der Waals surface area contributed by atoms with Crippen molar-refractivity contribution in [1.82, 2.24) is 29.9 Å². The zero-order chi connectivity index (χ0) is 96.5. The van der Waals surface area contributed by atoms with Crippen LogP contribution in [0.25, 0.3) is 55.8 Å². The number of aromatic nitrogens is 6. The molecule has 0 saturated carbocycles. The van der Waals surface area contributed by atoms with Crippen LogP contribution in [0, 0.1) is 12.7 Å². The molecule has 5 aliphatic rings. The quantitative estimate of drug-likeness (QED) is 0.0561. The van der Waals surface area contributed by atoms with Gasteiger partial charge < -0.3 is 73.4 Å². The van der Waals surface area contributed by atoms with Crippen LogP contribution < -0.4 is 74.0 Å². The highest BCUT2D eigenvalue weighted by Gasteiger charge is 2.48. The molecular formula is C96H59BrCl4F9N11O16. The molecule has 0 aliphatic carbocycles. The Kier molecular flexibility index (Phi) is 27.8. The predicted molar refractivity (Wildman–Crippen MR) is 487 cm³/mol. The molecule has 0 spiro atoms. The maximum Gasteiger partial charge on any atom is 0.586 e. The number of amides is 5. The number of alkyl halides is 8. The van der Waals surface area contributed by atoms with Gasteiger partial charge in [0.2, 0.25) is 6.79 Å². The van der Waals surface area contributed by atoms with Crippen molar-refractivity contribution in [3.05, 3.63) is 350 Å². The number of ether oxygens (including phenoxy) is 11. The van der Waals surface area contributed by atoms with Crippen molar-refractivity contribution in [2.45, 2.75) is 38.7 Å². The molecule has 15 aromatic rings. The van der Waals surface area contributed by atoms with Crippen molar-refractivity contribution in [2.75, 3.05) is 33.4 Å². The zero-order valence-electron chi connectivity index (χ0n) is 69.6. The highest BCUT2D eigenvalue weighted by Crippen LogP contribution is 2.52. The molecule has 0 fully saturated rings. The molecule has 0 saturated heterocycles. The summed E-state index contributed by atoms with van der Waals surface area (Å²) in [5, 5.41) is 14.3. The molecule has 0 bridgehead atoms. The van der Waals surface area contributed by atoms with E-state index in [9.17, 15) is 63.5 Å². The van der Waals surface area contributed by atoms with Crippen LogP contribution in [-0.2, 0) is 11.3 Å². The largest absolute Gasteiger partial charge is 0.586 e. The molecule has 10 heterocycles. The average Bonchev–Trinajstić information content (AvgIpc) is 1.65. The number of hydrogen-bond acceptors (Lipinski definition) is 22. The molecule has 0 unspecified atom stereocenters. The Morgan fingerprint density at radius 1 is 0.343 bits per heavy atom. The molecule has 41 heteroatoms. The van der Waals surface area contributed by atoms with E-state index in [4.69, 9.17) is 60.6 Å². The fraction of sp³-hybridized carbons (Fsp3) is 0.0729. The Morgan fingerprint density at radius 2 is 0.715 bits per heavy atom. The summed E-state index contributed by atoms with van der Waals surface area (Å²) in [6.07, 6.45) is -6.86. The van der Waals surface area contributed by atoms with E-state index in [1.165, 1.54) is 85.6 Å². The van der Waals surface area contributed by atoms with Gasteiger partial charge in [0.05, 0.1) is 49.8 Å². The maximum absolute atomic E-state index is 13.6. The lowest BCUT2D eigenvalue weighted by Gasteiger charge is -2.09. The summed E-state index contributed by atoms with van der Waals surface area (Å²) in [5.41, 5.74) is 7.77.